The maximum atomic E-state index is 5.83. The summed E-state index contributed by atoms with van der Waals surface area (Å²) in [5, 5.41) is 6.98. The molecule has 0 saturated heterocycles. The molecule has 0 amide bonds. The molecule has 1 fully saturated rings. The highest BCUT2D eigenvalue weighted by molar-refractivity contribution is 5.79. The second kappa shape index (κ2) is 12.0. The van der Waals surface area contributed by atoms with Gasteiger partial charge in [-0.05, 0) is 36.2 Å². The first-order valence-electron chi connectivity index (χ1n) is 10.2. The van der Waals surface area contributed by atoms with Crippen molar-refractivity contribution in [3.8, 4) is 0 Å². The minimum atomic E-state index is 0.359. The molecule has 1 aromatic rings. The van der Waals surface area contributed by atoms with Crippen LogP contribution in [0.15, 0.2) is 35.3 Å². The van der Waals surface area contributed by atoms with Crippen LogP contribution in [0.4, 0.5) is 0 Å². The van der Waals surface area contributed by atoms with E-state index in [4.69, 9.17) is 9.47 Å². The van der Waals surface area contributed by atoms with Crippen LogP contribution in [0.25, 0.3) is 0 Å². The highest BCUT2D eigenvalue weighted by Crippen LogP contribution is 2.40. The molecule has 1 aromatic carbocycles. The van der Waals surface area contributed by atoms with Gasteiger partial charge in [-0.3, -0.25) is 4.99 Å². The zero-order valence-corrected chi connectivity index (χ0v) is 17.3. The van der Waals surface area contributed by atoms with Crippen molar-refractivity contribution >= 4 is 5.96 Å². The number of benzene rings is 1. The number of rotatable bonds is 11. The lowest BCUT2D eigenvalue weighted by atomic mass is 9.83. The minimum absolute atomic E-state index is 0.359. The first kappa shape index (κ1) is 21.7. The normalized spacial score (nSPS) is 17.7. The lowest BCUT2D eigenvalue weighted by Crippen LogP contribution is -2.44. The number of nitrogens with one attached hydrogen (secondary N) is 2. The molecular formula is C22H37N3O2. The van der Waals surface area contributed by atoms with Gasteiger partial charge >= 0.3 is 0 Å². The minimum Gasteiger partial charge on any atom is -0.385 e. The van der Waals surface area contributed by atoms with E-state index in [0.717, 1.165) is 38.7 Å². The fourth-order valence-electron chi connectivity index (χ4n) is 3.73. The quantitative estimate of drug-likeness (QED) is 0.458. The monoisotopic (exact) mass is 375 g/mol. The zero-order chi connectivity index (χ0) is 19.4. The second-order valence-electron chi connectivity index (χ2n) is 7.86. The summed E-state index contributed by atoms with van der Waals surface area (Å²) in [7, 11) is 3.63. The molecule has 1 saturated carbocycles. The SMILES string of the molecule is CN=C(NCC(C)COCc1ccccc1)NCC1(CCOC)CCCC1. The summed E-state index contributed by atoms with van der Waals surface area (Å²) in [6, 6.07) is 10.3. The Bertz CT molecular complexity index is 542. The van der Waals surface area contributed by atoms with Crippen molar-refractivity contribution in [1.82, 2.24) is 10.6 Å². The van der Waals surface area contributed by atoms with Crippen LogP contribution in [0.5, 0.6) is 0 Å². The number of hydrogen-bond donors (Lipinski definition) is 2. The van der Waals surface area contributed by atoms with Gasteiger partial charge in [-0.1, -0.05) is 50.1 Å². The first-order valence-corrected chi connectivity index (χ1v) is 10.2. The fourth-order valence-corrected chi connectivity index (χ4v) is 3.73. The lowest BCUT2D eigenvalue weighted by Gasteiger charge is -2.30. The predicted octanol–water partition coefficient (Wildman–Crippen LogP) is 3.60. The van der Waals surface area contributed by atoms with Crippen LogP contribution in [0.2, 0.25) is 0 Å². The Morgan fingerprint density at radius 2 is 1.93 bits per heavy atom. The molecule has 152 valence electrons. The molecule has 27 heavy (non-hydrogen) atoms. The van der Waals surface area contributed by atoms with Crippen molar-refractivity contribution in [1.29, 1.82) is 0 Å². The molecule has 1 unspecified atom stereocenters. The van der Waals surface area contributed by atoms with E-state index in [1.807, 2.05) is 25.2 Å². The van der Waals surface area contributed by atoms with Crippen LogP contribution in [0.1, 0.15) is 44.6 Å². The summed E-state index contributed by atoms with van der Waals surface area (Å²) in [5.74, 6) is 1.30. The van der Waals surface area contributed by atoms with E-state index in [0.29, 0.717) is 17.9 Å². The Balaban J connectivity index is 1.66. The van der Waals surface area contributed by atoms with E-state index < -0.39 is 0 Å². The van der Waals surface area contributed by atoms with Crippen LogP contribution < -0.4 is 10.6 Å². The summed E-state index contributed by atoms with van der Waals surface area (Å²) in [6.07, 6.45) is 6.34. The van der Waals surface area contributed by atoms with Crippen LogP contribution >= 0.6 is 0 Å². The summed E-state index contributed by atoms with van der Waals surface area (Å²) in [6.45, 7) is 6.25. The number of ether oxygens (including phenoxy) is 2. The maximum absolute atomic E-state index is 5.83. The highest BCUT2D eigenvalue weighted by atomic mass is 16.5. The van der Waals surface area contributed by atoms with Gasteiger partial charge in [0.25, 0.3) is 0 Å². The van der Waals surface area contributed by atoms with Gasteiger partial charge in [-0.15, -0.1) is 0 Å². The fraction of sp³-hybridized carbons (Fsp3) is 0.682. The van der Waals surface area contributed by atoms with Gasteiger partial charge in [-0.2, -0.15) is 0 Å². The van der Waals surface area contributed by atoms with Crippen LogP contribution in [-0.2, 0) is 16.1 Å². The molecule has 0 bridgehead atoms. The lowest BCUT2D eigenvalue weighted by molar-refractivity contribution is 0.0930. The van der Waals surface area contributed by atoms with Gasteiger partial charge in [0.2, 0.25) is 0 Å². The zero-order valence-electron chi connectivity index (χ0n) is 17.3. The van der Waals surface area contributed by atoms with Crippen LogP contribution in [0, 0.1) is 11.3 Å². The van der Waals surface area contributed by atoms with Crippen molar-refractivity contribution in [3.63, 3.8) is 0 Å². The van der Waals surface area contributed by atoms with Crippen molar-refractivity contribution in [2.24, 2.45) is 16.3 Å². The largest absolute Gasteiger partial charge is 0.385 e. The molecule has 0 spiro atoms. The van der Waals surface area contributed by atoms with Crippen molar-refractivity contribution < 1.29 is 9.47 Å². The molecule has 1 aliphatic carbocycles. The Morgan fingerprint density at radius 1 is 1.19 bits per heavy atom. The molecule has 0 aliphatic heterocycles. The van der Waals surface area contributed by atoms with Gasteiger partial charge in [0.05, 0.1) is 13.2 Å². The van der Waals surface area contributed by atoms with Gasteiger partial charge < -0.3 is 20.1 Å². The van der Waals surface area contributed by atoms with E-state index in [2.05, 4.69) is 34.7 Å². The molecule has 0 aromatic heterocycles. The summed E-state index contributed by atoms with van der Waals surface area (Å²) in [5.41, 5.74) is 1.57. The van der Waals surface area contributed by atoms with E-state index >= 15 is 0 Å². The third-order valence-corrected chi connectivity index (χ3v) is 5.49. The Hall–Kier alpha value is -1.59. The van der Waals surface area contributed by atoms with Crippen molar-refractivity contribution in [2.45, 2.75) is 45.6 Å². The third-order valence-electron chi connectivity index (χ3n) is 5.49. The first-order chi connectivity index (χ1) is 13.2. The van der Waals surface area contributed by atoms with E-state index in [-0.39, 0.29) is 0 Å². The third kappa shape index (κ3) is 7.89. The molecule has 0 heterocycles. The maximum Gasteiger partial charge on any atom is 0.191 e. The van der Waals surface area contributed by atoms with Gasteiger partial charge in [0, 0.05) is 33.9 Å². The number of nitrogens with zero attached hydrogens (tertiary/aromatic N) is 1. The Kier molecular flexibility index (Phi) is 9.64. The number of hydrogen-bond acceptors (Lipinski definition) is 3. The molecule has 5 heteroatoms. The van der Waals surface area contributed by atoms with E-state index in [1.54, 1.807) is 7.11 Å². The number of aliphatic imine (C=N–C) groups is 1. The smallest absolute Gasteiger partial charge is 0.191 e. The Morgan fingerprint density at radius 3 is 2.59 bits per heavy atom. The number of methoxy groups -OCH3 is 1. The van der Waals surface area contributed by atoms with E-state index in [1.165, 1.54) is 31.2 Å². The molecule has 1 aliphatic rings. The highest BCUT2D eigenvalue weighted by Gasteiger charge is 2.33. The van der Waals surface area contributed by atoms with Gasteiger partial charge in [0.1, 0.15) is 0 Å². The number of guanidine groups is 1. The van der Waals surface area contributed by atoms with Gasteiger partial charge in [-0.25, -0.2) is 0 Å². The topological polar surface area (TPSA) is 54.9 Å². The average molecular weight is 376 g/mol. The Labute approximate surface area is 164 Å². The average Bonchev–Trinajstić information content (AvgIpc) is 3.16. The molecule has 5 nitrogen and oxygen atoms in total. The molecule has 2 N–H and O–H groups in total. The van der Waals surface area contributed by atoms with Crippen molar-refractivity contribution in [2.75, 3.05) is 40.5 Å². The predicted molar refractivity (Wildman–Crippen MR) is 112 cm³/mol. The van der Waals surface area contributed by atoms with Crippen LogP contribution in [0.3, 0.4) is 0 Å². The summed E-state index contributed by atoms with van der Waals surface area (Å²) < 4.78 is 11.2. The summed E-state index contributed by atoms with van der Waals surface area (Å²) in [4.78, 5) is 4.38. The molecule has 1 atom stereocenters. The standard InChI is InChI=1S/C22H37N3O2/c1-19(16-27-17-20-9-5-4-6-10-20)15-24-21(23-2)25-18-22(13-14-26-3)11-7-8-12-22/h4-6,9-10,19H,7-8,11-18H2,1-3H3,(H2,23,24,25). The van der Waals surface area contributed by atoms with Gasteiger partial charge in [0.15, 0.2) is 5.96 Å². The molecule has 0 radical (unpaired) electrons. The van der Waals surface area contributed by atoms with Crippen molar-refractivity contribution in [3.05, 3.63) is 35.9 Å². The van der Waals surface area contributed by atoms with Crippen LogP contribution in [-0.4, -0.2) is 46.4 Å². The molecular weight excluding hydrogens is 338 g/mol. The second-order valence-corrected chi connectivity index (χ2v) is 7.86. The van der Waals surface area contributed by atoms with E-state index in [9.17, 15) is 0 Å². The molecule has 2 rings (SSSR count). The summed E-state index contributed by atoms with van der Waals surface area (Å²) >= 11 is 0.